The SMILES string of the molecule is CCC(Sc1cccc(NC(=O)/C(=C\c2cccc(C)c2)NC(=O)c2ccccc2)c1)C(=O)Nc1nc2ccccc2s1. The van der Waals surface area contributed by atoms with Crippen LogP contribution >= 0.6 is 23.1 Å². The smallest absolute Gasteiger partial charge is 0.272 e. The summed E-state index contributed by atoms with van der Waals surface area (Å²) in [6.45, 7) is 3.92. The molecule has 0 saturated heterocycles. The molecule has 0 aliphatic heterocycles. The Morgan fingerprint density at radius 1 is 0.884 bits per heavy atom. The Balaban J connectivity index is 1.30. The van der Waals surface area contributed by atoms with Gasteiger partial charge in [-0.25, -0.2) is 4.98 Å². The van der Waals surface area contributed by atoms with Gasteiger partial charge in [0.25, 0.3) is 11.8 Å². The first kappa shape index (κ1) is 29.8. The first-order valence-electron chi connectivity index (χ1n) is 13.8. The minimum Gasteiger partial charge on any atom is -0.321 e. The number of hydrogen-bond donors (Lipinski definition) is 3. The molecule has 1 heterocycles. The maximum Gasteiger partial charge on any atom is 0.272 e. The van der Waals surface area contributed by atoms with Crippen molar-refractivity contribution in [3.8, 4) is 0 Å². The lowest BCUT2D eigenvalue weighted by molar-refractivity contribution is -0.116. The van der Waals surface area contributed by atoms with Gasteiger partial charge in [-0.05, 0) is 67.4 Å². The summed E-state index contributed by atoms with van der Waals surface area (Å²) in [5.74, 6) is -0.981. The molecular weight excluding hydrogens is 577 g/mol. The third-order valence-corrected chi connectivity index (χ3v) is 8.75. The van der Waals surface area contributed by atoms with Gasteiger partial charge in [0.1, 0.15) is 5.70 Å². The van der Waals surface area contributed by atoms with Crippen molar-refractivity contribution >= 4 is 67.9 Å². The fourth-order valence-electron chi connectivity index (χ4n) is 4.31. The summed E-state index contributed by atoms with van der Waals surface area (Å²) in [6.07, 6.45) is 2.26. The van der Waals surface area contributed by atoms with E-state index in [4.69, 9.17) is 0 Å². The van der Waals surface area contributed by atoms with E-state index in [9.17, 15) is 14.4 Å². The summed E-state index contributed by atoms with van der Waals surface area (Å²) < 4.78 is 1.01. The van der Waals surface area contributed by atoms with Gasteiger partial charge in [-0.3, -0.25) is 14.4 Å². The number of aromatic nitrogens is 1. The zero-order chi connectivity index (χ0) is 30.2. The Morgan fingerprint density at radius 3 is 2.42 bits per heavy atom. The molecule has 1 unspecified atom stereocenters. The molecule has 5 rings (SSSR count). The maximum atomic E-state index is 13.5. The summed E-state index contributed by atoms with van der Waals surface area (Å²) in [5, 5.41) is 8.84. The third kappa shape index (κ3) is 7.97. The second-order valence-corrected chi connectivity index (χ2v) is 12.1. The number of anilines is 2. The number of rotatable bonds is 10. The van der Waals surface area contributed by atoms with E-state index < -0.39 is 5.91 Å². The van der Waals surface area contributed by atoms with E-state index >= 15 is 0 Å². The molecule has 0 aliphatic rings. The molecule has 216 valence electrons. The lowest BCUT2D eigenvalue weighted by Gasteiger charge is -2.15. The van der Waals surface area contributed by atoms with Crippen molar-refractivity contribution in [1.29, 1.82) is 0 Å². The number of aryl methyl sites for hydroxylation is 1. The summed E-state index contributed by atoms with van der Waals surface area (Å²) in [5.41, 5.74) is 3.76. The number of carbonyl (C=O) groups is 3. The van der Waals surface area contributed by atoms with Crippen LogP contribution in [-0.2, 0) is 9.59 Å². The molecular formula is C34H30N4O3S2. The number of thioether (sulfide) groups is 1. The summed E-state index contributed by atoms with van der Waals surface area (Å²) in [6, 6.07) is 31.5. The van der Waals surface area contributed by atoms with E-state index in [1.54, 1.807) is 36.4 Å². The van der Waals surface area contributed by atoms with E-state index in [2.05, 4.69) is 20.9 Å². The second kappa shape index (κ2) is 14.0. The molecule has 3 N–H and O–H groups in total. The van der Waals surface area contributed by atoms with Gasteiger partial charge in [0.2, 0.25) is 5.91 Å². The number of nitrogens with one attached hydrogen (secondary N) is 3. The highest BCUT2D eigenvalue weighted by Gasteiger charge is 2.20. The predicted molar refractivity (Wildman–Crippen MR) is 176 cm³/mol. The number of carbonyl (C=O) groups excluding carboxylic acids is 3. The molecule has 1 aromatic heterocycles. The van der Waals surface area contributed by atoms with Gasteiger partial charge in [-0.1, -0.05) is 84.5 Å². The van der Waals surface area contributed by atoms with E-state index in [1.807, 2.05) is 86.6 Å². The largest absolute Gasteiger partial charge is 0.321 e. The van der Waals surface area contributed by atoms with Crippen LogP contribution in [0.5, 0.6) is 0 Å². The van der Waals surface area contributed by atoms with Crippen LogP contribution in [0.3, 0.4) is 0 Å². The Hall–Kier alpha value is -4.73. The zero-order valence-electron chi connectivity index (χ0n) is 23.7. The number of nitrogens with zero attached hydrogens (tertiary/aromatic N) is 1. The molecule has 1 atom stereocenters. The summed E-state index contributed by atoms with van der Waals surface area (Å²) >= 11 is 2.85. The number of para-hydroxylation sites is 1. The van der Waals surface area contributed by atoms with E-state index in [1.165, 1.54) is 23.1 Å². The number of hydrogen-bond acceptors (Lipinski definition) is 6. The topological polar surface area (TPSA) is 100 Å². The Kier molecular flexibility index (Phi) is 9.66. The molecule has 9 heteroatoms. The predicted octanol–water partition coefficient (Wildman–Crippen LogP) is 7.52. The molecule has 3 amide bonds. The molecule has 0 spiro atoms. The van der Waals surface area contributed by atoms with Crippen LogP contribution in [0.15, 0.2) is 114 Å². The van der Waals surface area contributed by atoms with Gasteiger partial charge < -0.3 is 16.0 Å². The number of thiazole rings is 1. The average molecular weight is 607 g/mol. The van der Waals surface area contributed by atoms with Crippen LogP contribution in [0, 0.1) is 6.92 Å². The number of fused-ring (bicyclic) bond motifs is 1. The van der Waals surface area contributed by atoms with Gasteiger partial charge in [0, 0.05) is 16.1 Å². The first-order chi connectivity index (χ1) is 20.9. The minimum atomic E-state index is -0.464. The van der Waals surface area contributed by atoms with Crippen molar-refractivity contribution in [3.05, 3.63) is 126 Å². The number of benzene rings is 4. The Labute approximate surface area is 258 Å². The Bertz CT molecular complexity index is 1770. The lowest BCUT2D eigenvalue weighted by Crippen LogP contribution is -2.30. The monoisotopic (exact) mass is 606 g/mol. The molecule has 4 aromatic carbocycles. The molecule has 43 heavy (non-hydrogen) atoms. The zero-order valence-corrected chi connectivity index (χ0v) is 25.3. The molecule has 0 bridgehead atoms. The standard InChI is InChI=1S/C34H30N4O3S2/c1-3-29(33(41)38-34-37-27-17-7-8-18-30(27)43-34)42-26-16-10-15-25(21-26)35-32(40)28(20-23-12-9-11-22(2)19-23)36-31(39)24-13-5-4-6-14-24/h4-21,29H,3H2,1-2H3,(H,35,40)(H,36,39)(H,37,38,41)/b28-20+. The molecule has 5 aromatic rings. The van der Waals surface area contributed by atoms with Crippen molar-refractivity contribution in [2.24, 2.45) is 0 Å². The van der Waals surface area contributed by atoms with E-state index in [-0.39, 0.29) is 22.8 Å². The van der Waals surface area contributed by atoms with E-state index in [0.29, 0.717) is 22.8 Å². The highest BCUT2D eigenvalue weighted by molar-refractivity contribution is 8.00. The fourth-order valence-corrected chi connectivity index (χ4v) is 6.19. The third-order valence-electron chi connectivity index (χ3n) is 6.44. The highest BCUT2D eigenvalue weighted by atomic mass is 32.2. The number of amides is 3. The van der Waals surface area contributed by atoms with Gasteiger partial charge >= 0.3 is 0 Å². The van der Waals surface area contributed by atoms with Crippen molar-refractivity contribution in [2.45, 2.75) is 30.4 Å². The van der Waals surface area contributed by atoms with Crippen LogP contribution in [0.1, 0.15) is 34.8 Å². The minimum absolute atomic E-state index is 0.110. The molecule has 0 radical (unpaired) electrons. The van der Waals surface area contributed by atoms with Crippen LogP contribution in [0.2, 0.25) is 0 Å². The summed E-state index contributed by atoms with van der Waals surface area (Å²) in [7, 11) is 0. The molecule has 0 fully saturated rings. The molecule has 0 aliphatic carbocycles. The quantitative estimate of drug-likeness (QED) is 0.113. The van der Waals surface area contributed by atoms with Crippen molar-refractivity contribution in [2.75, 3.05) is 10.6 Å². The van der Waals surface area contributed by atoms with Crippen molar-refractivity contribution in [3.63, 3.8) is 0 Å². The van der Waals surface area contributed by atoms with Crippen LogP contribution in [0.4, 0.5) is 10.8 Å². The van der Waals surface area contributed by atoms with Crippen molar-refractivity contribution in [1.82, 2.24) is 10.3 Å². The molecule has 7 nitrogen and oxygen atoms in total. The van der Waals surface area contributed by atoms with Gasteiger partial charge in [0.05, 0.1) is 15.5 Å². The highest BCUT2D eigenvalue weighted by Crippen LogP contribution is 2.30. The lowest BCUT2D eigenvalue weighted by atomic mass is 10.1. The van der Waals surface area contributed by atoms with Crippen molar-refractivity contribution < 1.29 is 14.4 Å². The van der Waals surface area contributed by atoms with E-state index in [0.717, 1.165) is 26.2 Å². The van der Waals surface area contributed by atoms with Gasteiger partial charge in [0.15, 0.2) is 5.13 Å². The maximum absolute atomic E-state index is 13.5. The van der Waals surface area contributed by atoms with Gasteiger partial charge in [-0.15, -0.1) is 11.8 Å². The molecule has 0 saturated carbocycles. The normalized spacial score (nSPS) is 12.0. The fraction of sp³-hybridized carbons (Fsp3) is 0.118. The van der Waals surface area contributed by atoms with Crippen LogP contribution < -0.4 is 16.0 Å². The average Bonchev–Trinajstić information content (AvgIpc) is 3.42. The Morgan fingerprint density at radius 2 is 1.65 bits per heavy atom. The first-order valence-corrected chi connectivity index (χ1v) is 15.5. The van der Waals surface area contributed by atoms with Gasteiger partial charge in [-0.2, -0.15) is 0 Å². The van der Waals surface area contributed by atoms with Crippen LogP contribution in [-0.4, -0.2) is 28.0 Å². The van der Waals surface area contributed by atoms with Crippen LogP contribution in [0.25, 0.3) is 16.3 Å². The second-order valence-electron chi connectivity index (χ2n) is 9.76. The summed E-state index contributed by atoms with van der Waals surface area (Å²) in [4.78, 5) is 44.9.